The molecule has 0 saturated heterocycles. The van der Waals surface area contributed by atoms with E-state index in [9.17, 15) is 9.59 Å². The van der Waals surface area contributed by atoms with Crippen molar-refractivity contribution in [2.24, 2.45) is 0 Å². The third-order valence-electron chi connectivity index (χ3n) is 1.97. The van der Waals surface area contributed by atoms with Gasteiger partial charge in [-0.05, 0) is 6.42 Å². The van der Waals surface area contributed by atoms with Crippen LogP contribution in [0.4, 0.5) is 5.95 Å². The molecule has 0 saturated carbocycles. The van der Waals surface area contributed by atoms with Crippen molar-refractivity contribution in [2.75, 3.05) is 25.1 Å². The highest BCUT2D eigenvalue weighted by molar-refractivity contribution is 5.75. The predicted octanol–water partition coefficient (Wildman–Crippen LogP) is 0.679. The van der Waals surface area contributed by atoms with Crippen LogP contribution in [0.15, 0.2) is 12.4 Å². The van der Waals surface area contributed by atoms with Gasteiger partial charge >= 0.3 is 5.97 Å². The molecule has 6 nitrogen and oxygen atoms in total. The number of aldehydes is 1. The molecule has 1 heterocycles. The van der Waals surface area contributed by atoms with Gasteiger partial charge in [-0.3, -0.25) is 9.59 Å². The normalized spacial score (nSPS) is 9.76. The van der Waals surface area contributed by atoms with Crippen molar-refractivity contribution in [3.8, 4) is 0 Å². The Morgan fingerprint density at radius 3 is 2.65 bits per heavy atom. The highest BCUT2D eigenvalue weighted by atomic mass is 16.5. The van der Waals surface area contributed by atoms with Gasteiger partial charge in [-0.15, -0.1) is 0 Å². The lowest BCUT2D eigenvalue weighted by molar-refractivity contribution is -0.141. The Kier molecular flexibility index (Phi) is 5.06. The van der Waals surface area contributed by atoms with E-state index in [1.165, 1.54) is 12.4 Å². The number of carbonyl (C=O) groups is 2. The quantitative estimate of drug-likeness (QED) is 0.535. The number of ether oxygens (including phenoxy) is 1. The van der Waals surface area contributed by atoms with Crippen molar-refractivity contribution in [3.63, 3.8) is 0 Å². The zero-order valence-electron chi connectivity index (χ0n) is 9.92. The van der Waals surface area contributed by atoms with Crippen LogP contribution >= 0.6 is 0 Å². The first-order valence-corrected chi connectivity index (χ1v) is 5.31. The maximum Gasteiger partial charge on any atom is 0.325 e. The highest BCUT2D eigenvalue weighted by Crippen LogP contribution is 2.03. The zero-order chi connectivity index (χ0) is 12.7. The second-order valence-corrected chi connectivity index (χ2v) is 3.51. The van der Waals surface area contributed by atoms with Gasteiger partial charge in [0.25, 0.3) is 0 Å². The van der Waals surface area contributed by atoms with Crippen molar-refractivity contribution >= 4 is 18.2 Å². The van der Waals surface area contributed by atoms with Crippen molar-refractivity contribution in [1.29, 1.82) is 0 Å². The second-order valence-electron chi connectivity index (χ2n) is 3.51. The van der Waals surface area contributed by atoms with Gasteiger partial charge in [0.1, 0.15) is 6.54 Å². The van der Waals surface area contributed by atoms with Crippen LogP contribution in [0, 0.1) is 0 Å². The lowest BCUT2D eigenvalue weighted by atomic mass is 10.4. The SMILES string of the molecule is CCCOC(=O)CN(C)c1ncc(C=O)cn1. The van der Waals surface area contributed by atoms with E-state index in [0.29, 0.717) is 24.4 Å². The van der Waals surface area contributed by atoms with E-state index >= 15 is 0 Å². The minimum Gasteiger partial charge on any atom is -0.464 e. The first-order chi connectivity index (χ1) is 8.17. The summed E-state index contributed by atoms with van der Waals surface area (Å²) >= 11 is 0. The monoisotopic (exact) mass is 237 g/mol. The van der Waals surface area contributed by atoms with E-state index in [0.717, 1.165) is 6.42 Å². The van der Waals surface area contributed by atoms with E-state index in [1.54, 1.807) is 11.9 Å². The first-order valence-electron chi connectivity index (χ1n) is 5.31. The van der Waals surface area contributed by atoms with Gasteiger partial charge in [0, 0.05) is 19.4 Å². The smallest absolute Gasteiger partial charge is 0.325 e. The molecule has 0 radical (unpaired) electrons. The lowest BCUT2D eigenvalue weighted by Gasteiger charge is -2.15. The fourth-order valence-electron chi connectivity index (χ4n) is 1.12. The third-order valence-corrected chi connectivity index (χ3v) is 1.97. The number of rotatable bonds is 6. The van der Waals surface area contributed by atoms with Gasteiger partial charge in [-0.1, -0.05) is 6.92 Å². The van der Waals surface area contributed by atoms with Crippen molar-refractivity contribution < 1.29 is 14.3 Å². The molecular weight excluding hydrogens is 222 g/mol. The van der Waals surface area contributed by atoms with Crippen molar-refractivity contribution in [2.45, 2.75) is 13.3 Å². The summed E-state index contributed by atoms with van der Waals surface area (Å²) in [6.07, 6.45) is 4.27. The number of aromatic nitrogens is 2. The molecule has 0 spiro atoms. The molecule has 1 rings (SSSR count). The van der Waals surface area contributed by atoms with Crippen LogP contribution in [0.5, 0.6) is 0 Å². The summed E-state index contributed by atoms with van der Waals surface area (Å²) in [7, 11) is 1.68. The maximum atomic E-state index is 11.3. The van der Waals surface area contributed by atoms with Crippen LogP contribution in [0.3, 0.4) is 0 Å². The molecule has 0 aliphatic carbocycles. The molecule has 0 aliphatic rings. The van der Waals surface area contributed by atoms with Crippen LogP contribution in [0.2, 0.25) is 0 Å². The number of hydrogen-bond donors (Lipinski definition) is 0. The highest BCUT2D eigenvalue weighted by Gasteiger charge is 2.10. The Hall–Kier alpha value is -1.98. The van der Waals surface area contributed by atoms with E-state index in [-0.39, 0.29) is 12.5 Å². The van der Waals surface area contributed by atoms with E-state index < -0.39 is 0 Å². The Bertz CT molecular complexity index is 378. The average Bonchev–Trinajstić information content (AvgIpc) is 2.36. The van der Waals surface area contributed by atoms with E-state index in [2.05, 4.69) is 9.97 Å². The molecule has 1 aromatic heterocycles. The molecule has 92 valence electrons. The topological polar surface area (TPSA) is 72.4 Å². The minimum absolute atomic E-state index is 0.0838. The van der Waals surface area contributed by atoms with Crippen molar-refractivity contribution in [1.82, 2.24) is 9.97 Å². The number of nitrogens with zero attached hydrogens (tertiary/aromatic N) is 3. The molecular formula is C11H15N3O3. The van der Waals surface area contributed by atoms with Gasteiger partial charge in [-0.2, -0.15) is 0 Å². The van der Waals surface area contributed by atoms with E-state index in [1.807, 2.05) is 6.92 Å². The molecule has 1 aromatic rings. The minimum atomic E-state index is -0.322. The number of esters is 1. The summed E-state index contributed by atoms with van der Waals surface area (Å²) in [4.78, 5) is 31.2. The summed E-state index contributed by atoms with van der Waals surface area (Å²) in [5.74, 6) is 0.0569. The Morgan fingerprint density at radius 1 is 1.47 bits per heavy atom. The molecule has 0 fully saturated rings. The molecule has 0 unspecified atom stereocenters. The number of carbonyl (C=O) groups excluding carboxylic acids is 2. The summed E-state index contributed by atoms with van der Waals surface area (Å²) in [6, 6.07) is 0. The van der Waals surface area contributed by atoms with Crippen molar-refractivity contribution in [3.05, 3.63) is 18.0 Å². The summed E-state index contributed by atoms with van der Waals surface area (Å²) in [5, 5.41) is 0. The second kappa shape index (κ2) is 6.57. The average molecular weight is 237 g/mol. The third kappa shape index (κ3) is 4.18. The molecule has 0 bridgehead atoms. The van der Waals surface area contributed by atoms with Gasteiger partial charge in [0.15, 0.2) is 6.29 Å². The Morgan fingerprint density at radius 2 is 2.12 bits per heavy atom. The summed E-state index contributed by atoms with van der Waals surface area (Å²) in [5.41, 5.74) is 0.399. The largest absolute Gasteiger partial charge is 0.464 e. The summed E-state index contributed by atoms with van der Waals surface area (Å²) in [6.45, 7) is 2.43. The first kappa shape index (κ1) is 13.1. The predicted molar refractivity (Wildman–Crippen MR) is 61.9 cm³/mol. The number of anilines is 1. The van der Waals surface area contributed by atoms with Crippen LogP contribution in [-0.4, -0.2) is 42.4 Å². The molecule has 6 heteroatoms. The zero-order valence-corrected chi connectivity index (χ0v) is 9.92. The lowest BCUT2D eigenvalue weighted by Crippen LogP contribution is -2.28. The molecule has 17 heavy (non-hydrogen) atoms. The fourth-order valence-corrected chi connectivity index (χ4v) is 1.12. The van der Waals surface area contributed by atoms with Gasteiger partial charge < -0.3 is 9.64 Å². The standard InChI is InChI=1S/C11H15N3O3/c1-3-4-17-10(16)7-14(2)11-12-5-9(8-15)6-13-11/h5-6,8H,3-4,7H2,1-2H3. The van der Waals surface area contributed by atoms with Gasteiger partial charge in [0.05, 0.1) is 12.2 Å². The molecule has 0 aliphatic heterocycles. The Labute approximate surface area is 99.6 Å². The van der Waals surface area contributed by atoms with Crippen LogP contribution in [0.1, 0.15) is 23.7 Å². The molecule has 0 N–H and O–H groups in total. The number of hydrogen-bond acceptors (Lipinski definition) is 6. The summed E-state index contributed by atoms with van der Waals surface area (Å²) < 4.78 is 4.94. The van der Waals surface area contributed by atoms with Crippen LogP contribution in [-0.2, 0) is 9.53 Å². The Balaban J connectivity index is 2.53. The van der Waals surface area contributed by atoms with Crippen LogP contribution in [0.25, 0.3) is 0 Å². The van der Waals surface area contributed by atoms with Crippen LogP contribution < -0.4 is 4.90 Å². The molecule has 0 aromatic carbocycles. The fraction of sp³-hybridized carbons (Fsp3) is 0.455. The molecule has 0 amide bonds. The van der Waals surface area contributed by atoms with E-state index in [4.69, 9.17) is 4.74 Å². The molecule has 0 atom stereocenters. The number of likely N-dealkylation sites (N-methyl/N-ethyl adjacent to an activating group) is 1. The van der Waals surface area contributed by atoms with Gasteiger partial charge in [-0.25, -0.2) is 9.97 Å². The van der Waals surface area contributed by atoms with Gasteiger partial charge in [0.2, 0.25) is 5.95 Å². The maximum absolute atomic E-state index is 11.3.